The highest BCUT2D eigenvalue weighted by molar-refractivity contribution is 5.91. The number of β-amino-alcohol motifs (C(OH)–C–C–N with tert-alkyl or cyclic N) is 1. The minimum atomic E-state index is -0.269. The molecule has 1 saturated heterocycles. The lowest BCUT2D eigenvalue weighted by Crippen LogP contribution is -2.50. The van der Waals surface area contributed by atoms with Gasteiger partial charge >= 0.3 is 0 Å². The van der Waals surface area contributed by atoms with Crippen LogP contribution in [0.5, 0.6) is 0 Å². The Morgan fingerprint density at radius 3 is 2.58 bits per heavy atom. The molecule has 0 bridgehead atoms. The molecule has 106 valence electrons. The van der Waals surface area contributed by atoms with Gasteiger partial charge in [0.25, 0.3) is 5.91 Å². The highest BCUT2D eigenvalue weighted by Crippen LogP contribution is 2.12. The predicted molar refractivity (Wildman–Crippen MR) is 72.1 cm³/mol. The number of nitrogens with zero attached hydrogens (tertiary/aromatic N) is 2. The van der Waals surface area contributed by atoms with Crippen LogP contribution < -0.4 is 0 Å². The van der Waals surface area contributed by atoms with Crippen molar-refractivity contribution in [1.29, 1.82) is 0 Å². The number of aliphatic hydroxyl groups excluding tert-OH is 1. The third-order valence-corrected chi connectivity index (χ3v) is 3.55. The van der Waals surface area contributed by atoms with Crippen LogP contribution in [-0.2, 0) is 0 Å². The lowest BCUT2D eigenvalue weighted by molar-refractivity contribution is 0.0499. The van der Waals surface area contributed by atoms with Gasteiger partial charge in [-0.05, 0) is 25.5 Å². The number of amides is 1. The molecule has 1 fully saturated rings. The summed E-state index contributed by atoms with van der Waals surface area (Å²) in [6.07, 6.45) is 0.500. The minimum absolute atomic E-state index is 0.0382. The summed E-state index contributed by atoms with van der Waals surface area (Å²) in [5, 5.41) is 9.63. The Kier molecular flexibility index (Phi) is 4.61. The lowest BCUT2D eigenvalue weighted by Gasteiger charge is -2.35. The number of furan rings is 1. The van der Waals surface area contributed by atoms with Gasteiger partial charge in [-0.3, -0.25) is 9.69 Å². The van der Waals surface area contributed by atoms with Crippen LogP contribution in [0, 0.1) is 6.92 Å². The summed E-state index contributed by atoms with van der Waals surface area (Å²) in [6.45, 7) is 7.50. The maximum Gasteiger partial charge on any atom is 0.289 e. The number of rotatable bonds is 4. The molecule has 0 aliphatic carbocycles. The van der Waals surface area contributed by atoms with Gasteiger partial charge in [-0.25, -0.2) is 0 Å². The molecular weight excluding hydrogens is 244 g/mol. The molecule has 1 atom stereocenters. The van der Waals surface area contributed by atoms with Crippen molar-refractivity contribution in [2.75, 3.05) is 32.7 Å². The maximum atomic E-state index is 12.2. The summed E-state index contributed by atoms with van der Waals surface area (Å²) in [6, 6.07) is 3.53. The van der Waals surface area contributed by atoms with Gasteiger partial charge in [0.15, 0.2) is 5.76 Å². The molecule has 1 amide bonds. The number of hydrogen-bond donors (Lipinski definition) is 1. The third-order valence-electron chi connectivity index (χ3n) is 3.55. The Balaban J connectivity index is 1.84. The number of hydrogen-bond acceptors (Lipinski definition) is 4. The number of aryl methyl sites for hydroxylation is 1. The fraction of sp³-hybridized carbons (Fsp3) is 0.643. The van der Waals surface area contributed by atoms with Crippen molar-refractivity contribution in [3.05, 3.63) is 23.7 Å². The first-order valence-electron chi connectivity index (χ1n) is 6.86. The van der Waals surface area contributed by atoms with Crippen molar-refractivity contribution in [2.45, 2.75) is 26.4 Å². The minimum Gasteiger partial charge on any atom is -0.456 e. The molecule has 2 rings (SSSR count). The third kappa shape index (κ3) is 3.58. The molecule has 0 spiro atoms. The summed E-state index contributed by atoms with van der Waals surface area (Å²) >= 11 is 0. The second-order valence-corrected chi connectivity index (χ2v) is 5.07. The van der Waals surface area contributed by atoms with E-state index in [0.717, 1.165) is 25.3 Å². The molecule has 1 N–H and O–H groups in total. The van der Waals surface area contributed by atoms with E-state index < -0.39 is 0 Å². The van der Waals surface area contributed by atoms with Crippen LogP contribution in [0.25, 0.3) is 0 Å². The van der Waals surface area contributed by atoms with Crippen molar-refractivity contribution in [1.82, 2.24) is 9.80 Å². The van der Waals surface area contributed by atoms with Gasteiger partial charge in [0.1, 0.15) is 5.76 Å². The largest absolute Gasteiger partial charge is 0.456 e. The normalized spacial score (nSPS) is 18.6. The van der Waals surface area contributed by atoms with Crippen LogP contribution in [0.1, 0.15) is 29.7 Å². The summed E-state index contributed by atoms with van der Waals surface area (Å²) in [5.74, 6) is 1.14. The van der Waals surface area contributed by atoms with Crippen molar-refractivity contribution >= 4 is 5.91 Å². The number of aliphatic hydroxyl groups is 1. The molecular formula is C14H22N2O3. The fourth-order valence-corrected chi connectivity index (χ4v) is 2.27. The molecule has 2 heterocycles. The average Bonchev–Trinajstić information content (AvgIpc) is 2.85. The predicted octanol–water partition coefficient (Wildman–Crippen LogP) is 1.12. The van der Waals surface area contributed by atoms with E-state index in [1.54, 1.807) is 12.1 Å². The number of piperazine rings is 1. The van der Waals surface area contributed by atoms with Gasteiger partial charge in [-0.1, -0.05) is 6.92 Å². The van der Waals surface area contributed by atoms with Gasteiger partial charge < -0.3 is 14.4 Å². The standard InChI is InChI=1S/C14H22N2O3/c1-3-12(17)10-15-6-8-16(9-7-15)14(18)13-5-4-11(2)19-13/h4-5,12,17H,3,6-10H2,1-2H3. The van der Waals surface area contributed by atoms with E-state index >= 15 is 0 Å². The molecule has 1 unspecified atom stereocenters. The second-order valence-electron chi connectivity index (χ2n) is 5.07. The van der Waals surface area contributed by atoms with Crippen LogP contribution >= 0.6 is 0 Å². The van der Waals surface area contributed by atoms with E-state index in [0.29, 0.717) is 25.4 Å². The zero-order chi connectivity index (χ0) is 13.8. The molecule has 0 saturated carbocycles. The monoisotopic (exact) mass is 266 g/mol. The zero-order valence-corrected chi connectivity index (χ0v) is 11.6. The Hall–Kier alpha value is -1.33. The smallest absolute Gasteiger partial charge is 0.289 e. The first kappa shape index (κ1) is 14.1. The van der Waals surface area contributed by atoms with E-state index in [1.165, 1.54) is 0 Å². The molecule has 19 heavy (non-hydrogen) atoms. The molecule has 0 aromatic carbocycles. The van der Waals surface area contributed by atoms with E-state index in [9.17, 15) is 9.90 Å². The van der Waals surface area contributed by atoms with Gasteiger partial charge in [0.05, 0.1) is 6.10 Å². The van der Waals surface area contributed by atoms with Crippen molar-refractivity contribution in [2.24, 2.45) is 0 Å². The Bertz CT molecular complexity index is 422. The van der Waals surface area contributed by atoms with Crippen molar-refractivity contribution in [3.8, 4) is 0 Å². The highest BCUT2D eigenvalue weighted by Gasteiger charge is 2.24. The van der Waals surface area contributed by atoms with Crippen molar-refractivity contribution < 1.29 is 14.3 Å². The summed E-state index contributed by atoms with van der Waals surface area (Å²) in [5.41, 5.74) is 0. The molecule has 1 aliphatic heterocycles. The van der Waals surface area contributed by atoms with Crippen LogP contribution in [0.15, 0.2) is 16.5 Å². The maximum absolute atomic E-state index is 12.2. The first-order chi connectivity index (χ1) is 9.10. The quantitative estimate of drug-likeness (QED) is 0.887. The zero-order valence-electron chi connectivity index (χ0n) is 11.6. The van der Waals surface area contributed by atoms with E-state index in [1.807, 2.05) is 18.7 Å². The van der Waals surface area contributed by atoms with Crippen LogP contribution in [0.4, 0.5) is 0 Å². The topological polar surface area (TPSA) is 56.9 Å². The molecule has 1 aromatic rings. The molecule has 5 nitrogen and oxygen atoms in total. The van der Waals surface area contributed by atoms with Crippen LogP contribution in [-0.4, -0.2) is 59.6 Å². The summed E-state index contributed by atoms with van der Waals surface area (Å²) in [4.78, 5) is 16.2. The number of carbonyl (C=O) groups is 1. The van der Waals surface area contributed by atoms with Gasteiger partial charge in [-0.2, -0.15) is 0 Å². The highest BCUT2D eigenvalue weighted by atomic mass is 16.3. The summed E-state index contributed by atoms with van der Waals surface area (Å²) < 4.78 is 5.36. The first-order valence-corrected chi connectivity index (χ1v) is 6.86. The fourth-order valence-electron chi connectivity index (χ4n) is 2.27. The van der Waals surface area contributed by atoms with Crippen LogP contribution in [0.3, 0.4) is 0 Å². The van der Waals surface area contributed by atoms with Gasteiger partial charge in [0, 0.05) is 32.7 Å². The Morgan fingerprint density at radius 1 is 1.37 bits per heavy atom. The molecule has 0 radical (unpaired) electrons. The molecule has 5 heteroatoms. The van der Waals surface area contributed by atoms with Crippen molar-refractivity contribution in [3.63, 3.8) is 0 Å². The lowest BCUT2D eigenvalue weighted by atomic mass is 10.2. The summed E-state index contributed by atoms with van der Waals surface area (Å²) in [7, 11) is 0. The van der Waals surface area contributed by atoms with E-state index in [4.69, 9.17) is 4.42 Å². The number of carbonyl (C=O) groups excluding carboxylic acids is 1. The Labute approximate surface area is 113 Å². The average molecular weight is 266 g/mol. The second kappa shape index (κ2) is 6.21. The molecule has 1 aromatic heterocycles. The SMILES string of the molecule is CCC(O)CN1CCN(C(=O)c2ccc(C)o2)CC1. The molecule has 1 aliphatic rings. The van der Waals surface area contributed by atoms with Crippen LogP contribution in [0.2, 0.25) is 0 Å². The van der Waals surface area contributed by atoms with Gasteiger partial charge in [-0.15, -0.1) is 0 Å². The van der Waals surface area contributed by atoms with Gasteiger partial charge in [0.2, 0.25) is 0 Å². The van der Waals surface area contributed by atoms with E-state index in [2.05, 4.69) is 4.90 Å². The van der Waals surface area contributed by atoms with E-state index in [-0.39, 0.29) is 12.0 Å². The Morgan fingerprint density at radius 2 is 2.05 bits per heavy atom.